The monoisotopic (exact) mass is 856 g/mol. The molecule has 13 nitrogen and oxygen atoms in total. The summed E-state index contributed by atoms with van der Waals surface area (Å²) in [6, 6.07) is 26.0. The molecule has 0 spiro atoms. The average molecular weight is 857 g/mol. The minimum atomic E-state index is -3.89. The van der Waals surface area contributed by atoms with Crippen LogP contribution in [0.25, 0.3) is 11.2 Å². The molecule has 0 amide bonds. The number of methoxy groups -OCH3 is 1. The van der Waals surface area contributed by atoms with Gasteiger partial charge in [0.15, 0.2) is 17.4 Å². The van der Waals surface area contributed by atoms with Crippen molar-refractivity contribution < 1.29 is 41.6 Å². The Morgan fingerprint density at radius 3 is 2.23 bits per heavy atom. The van der Waals surface area contributed by atoms with Gasteiger partial charge in [0, 0.05) is 6.66 Å². The Morgan fingerprint density at radius 2 is 1.64 bits per heavy atom. The zero-order valence-corrected chi connectivity index (χ0v) is 35.7. The molecule has 2 aromatic heterocycles. The van der Waals surface area contributed by atoms with E-state index in [0.717, 1.165) is 48.8 Å². The summed E-state index contributed by atoms with van der Waals surface area (Å²) in [5.74, 6) is -2.25. The van der Waals surface area contributed by atoms with Crippen LogP contribution in [-0.4, -0.2) is 76.1 Å². The number of halogens is 2. The highest BCUT2D eigenvalue weighted by Crippen LogP contribution is 2.54. The van der Waals surface area contributed by atoms with E-state index in [1.54, 1.807) is 14.0 Å². The maximum Gasteiger partial charge on any atom is 0.323 e. The van der Waals surface area contributed by atoms with Crippen LogP contribution in [0.1, 0.15) is 75.8 Å². The molecule has 0 bridgehead atoms. The van der Waals surface area contributed by atoms with Crippen molar-refractivity contribution in [3.63, 3.8) is 0 Å². The van der Waals surface area contributed by atoms with Gasteiger partial charge in [0.05, 0.1) is 26.0 Å². The molecule has 3 heterocycles. The molecule has 322 valence electrons. The number of alkyl halides is 2. The van der Waals surface area contributed by atoms with Crippen LogP contribution in [0.2, 0.25) is 0 Å². The number of carbonyl (C=O) groups excluding carboxylic acids is 1. The maximum atomic E-state index is 17.2. The van der Waals surface area contributed by atoms with Crippen LogP contribution in [0.4, 0.5) is 14.7 Å². The molecule has 1 aliphatic heterocycles. The first-order valence-electron chi connectivity index (χ1n) is 20.4. The number of nitrogens with one attached hydrogen (secondary N) is 2. The minimum absolute atomic E-state index is 0.0264. The highest BCUT2D eigenvalue weighted by atomic mass is 31.2. The lowest BCUT2D eigenvalue weighted by molar-refractivity contribution is -0.186. The van der Waals surface area contributed by atoms with E-state index >= 15 is 8.78 Å². The quantitative estimate of drug-likeness (QED) is 0.0424. The molecule has 2 fully saturated rings. The number of aromatic nitrogens is 4. The van der Waals surface area contributed by atoms with Crippen LogP contribution in [-0.2, 0) is 28.9 Å². The summed E-state index contributed by atoms with van der Waals surface area (Å²) in [6.45, 7) is 4.91. The van der Waals surface area contributed by atoms with Crippen LogP contribution < -0.4 is 19.9 Å². The number of imidazole rings is 1. The van der Waals surface area contributed by atoms with Crippen LogP contribution in [0.15, 0.2) is 91.3 Å². The van der Waals surface area contributed by atoms with E-state index in [4.69, 9.17) is 39.9 Å². The Balaban J connectivity index is 1.23. The summed E-state index contributed by atoms with van der Waals surface area (Å²) < 4.78 is 77.6. The number of ether oxygens (including phenoxy) is 4. The minimum Gasteiger partial charge on any atom is -0.497 e. The third kappa shape index (κ3) is 8.73. The third-order valence-corrected chi connectivity index (χ3v) is 12.9. The van der Waals surface area contributed by atoms with E-state index in [9.17, 15) is 9.36 Å². The Kier molecular flexibility index (Phi) is 12.8. The first-order valence-corrected chi connectivity index (χ1v) is 22.5. The standard InChI is InChI=1S/C45H51F2N6O7P/c1-7-43(46)31(4)44(47,28-58-61(6,55)52-30(3)40(54)59-36-22-16-11-17-23-36)60-41(43)53-29-48-37-38(53)49-42(50-39(37)57-8-2)51-45(32-18-12-9-13-19-32,33-20-14-10-15-21-33)34-24-26-35(56-5)27-25-34/h1,9-10,12-15,18-21,24-27,29-31,36,41H,8,11,16-17,22-23,28H2,2-6H3,(H,52,55)(H,49,50,51)/t30-,31-,41+,43+,44+,61?/m0/s1. The van der Waals surface area contributed by atoms with Gasteiger partial charge in [-0.25, -0.2) is 18.9 Å². The predicted molar refractivity (Wildman–Crippen MR) is 227 cm³/mol. The van der Waals surface area contributed by atoms with E-state index in [1.807, 2.05) is 84.9 Å². The summed E-state index contributed by atoms with van der Waals surface area (Å²) >= 11 is 0. The zero-order chi connectivity index (χ0) is 43.4. The molecule has 2 aliphatic rings. The van der Waals surface area contributed by atoms with Crippen LogP contribution in [0.5, 0.6) is 11.6 Å². The van der Waals surface area contributed by atoms with Crippen molar-refractivity contribution in [2.24, 2.45) is 5.92 Å². The SMILES string of the molecule is C#C[C@]1(F)[C@H](n2cnc3c(OCC)nc(NC(c4ccccc4)(c4ccccc4)c4ccc(OC)cc4)nc32)O[C@](F)(COP(C)(=O)N[C@@H](C)C(=O)OC2CCCCC2)[C@H]1C. The number of esters is 1. The fraction of sp³-hybridized carbons (Fsp3) is 0.422. The molecule has 61 heavy (non-hydrogen) atoms. The zero-order valence-electron chi connectivity index (χ0n) is 34.8. The van der Waals surface area contributed by atoms with E-state index in [2.05, 4.69) is 21.3 Å². The average Bonchev–Trinajstić information content (AvgIpc) is 3.79. The van der Waals surface area contributed by atoms with Gasteiger partial charge < -0.3 is 28.8 Å². The molecular formula is C45H51F2N6O7P. The van der Waals surface area contributed by atoms with E-state index in [1.165, 1.54) is 31.4 Å². The number of anilines is 1. The van der Waals surface area contributed by atoms with Crippen molar-refractivity contribution in [1.29, 1.82) is 0 Å². The molecule has 2 N–H and O–H groups in total. The molecule has 1 aliphatic carbocycles. The summed E-state index contributed by atoms with van der Waals surface area (Å²) in [4.78, 5) is 26.9. The van der Waals surface area contributed by atoms with Gasteiger partial charge in [-0.2, -0.15) is 9.97 Å². The fourth-order valence-electron chi connectivity index (χ4n) is 8.07. The predicted octanol–water partition coefficient (Wildman–Crippen LogP) is 8.50. The largest absolute Gasteiger partial charge is 0.497 e. The second-order valence-electron chi connectivity index (χ2n) is 15.5. The van der Waals surface area contributed by atoms with E-state index < -0.39 is 55.3 Å². The maximum absolute atomic E-state index is 17.2. The summed E-state index contributed by atoms with van der Waals surface area (Å²) in [5, 5.41) is 6.22. The normalized spacial score (nSPS) is 23.4. The van der Waals surface area contributed by atoms with Gasteiger partial charge in [0.2, 0.25) is 23.4 Å². The number of benzene rings is 3. The second kappa shape index (κ2) is 17.9. The number of nitrogens with zero attached hydrogens (tertiary/aromatic N) is 4. The highest BCUT2D eigenvalue weighted by Gasteiger charge is 2.65. The Labute approximate surface area is 354 Å². The van der Waals surface area contributed by atoms with Gasteiger partial charge in [0.25, 0.3) is 7.52 Å². The summed E-state index contributed by atoms with van der Waals surface area (Å²) in [5.41, 5.74) is -1.26. The molecular weight excluding hydrogens is 806 g/mol. The molecule has 1 unspecified atom stereocenters. The lowest BCUT2D eigenvalue weighted by Crippen LogP contribution is -2.41. The van der Waals surface area contributed by atoms with E-state index in [0.29, 0.717) is 5.75 Å². The molecule has 7 rings (SSSR count). The number of rotatable bonds is 16. The molecule has 1 saturated carbocycles. The number of terminal acetylenes is 1. The van der Waals surface area contributed by atoms with Crippen molar-refractivity contribution in [2.45, 2.75) is 88.3 Å². The first-order chi connectivity index (χ1) is 29.3. The number of fused-ring (bicyclic) bond motifs is 1. The Morgan fingerprint density at radius 1 is 1.02 bits per heavy atom. The van der Waals surface area contributed by atoms with Gasteiger partial charge in [0.1, 0.15) is 30.0 Å². The first kappa shape index (κ1) is 43.7. The number of hydrogen-bond acceptors (Lipinski definition) is 11. The third-order valence-electron chi connectivity index (χ3n) is 11.4. The number of hydrogen-bond donors (Lipinski definition) is 2. The summed E-state index contributed by atoms with van der Waals surface area (Å²) in [6.07, 6.45) is 9.55. The van der Waals surface area contributed by atoms with Crippen molar-refractivity contribution >= 4 is 30.6 Å². The topological polar surface area (TPSA) is 148 Å². The Hall–Kier alpha value is -5.39. The van der Waals surface area contributed by atoms with Gasteiger partial charge in [-0.3, -0.25) is 13.9 Å². The second-order valence-corrected chi connectivity index (χ2v) is 17.7. The molecule has 0 radical (unpaired) electrons. The van der Waals surface area contributed by atoms with E-state index in [-0.39, 0.29) is 35.7 Å². The van der Waals surface area contributed by atoms with Crippen LogP contribution in [0, 0.1) is 18.3 Å². The lowest BCUT2D eigenvalue weighted by atomic mass is 9.77. The number of carbonyl (C=O) groups is 1. The van der Waals surface area contributed by atoms with Crippen molar-refractivity contribution in [2.75, 3.05) is 32.3 Å². The molecule has 3 aromatic carbocycles. The van der Waals surface area contributed by atoms with Gasteiger partial charge in [-0.15, -0.1) is 6.42 Å². The lowest BCUT2D eigenvalue weighted by Gasteiger charge is -2.37. The van der Waals surface area contributed by atoms with Crippen LogP contribution >= 0.6 is 7.52 Å². The van der Waals surface area contributed by atoms with Crippen LogP contribution in [0.3, 0.4) is 0 Å². The molecule has 16 heteroatoms. The van der Waals surface area contributed by atoms with Gasteiger partial charge in [-0.05, 0) is 68.4 Å². The van der Waals surface area contributed by atoms with Crippen molar-refractivity contribution in [3.8, 4) is 24.0 Å². The molecule has 6 atom stereocenters. The van der Waals surface area contributed by atoms with Crippen molar-refractivity contribution in [1.82, 2.24) is 24.6 Å². The smallest absolute Gasteiger partial charge is 0.323 e. The molecule has 5 aromatic rings. The Bertz CT molecular complexity index is 2360. The molecule has 1 saturated heterocycles. The van der Waals surface area contributed by atoms with Gasteiger partial charge in [-0.1, -0.05) is 92.1 Å². The van der Waals surface area contributed by atoms with Gasteiger partial charge >= 0.3 is 5.97 Å². The highest BCUT2D eigenvalue weighted by molar-refractivity contribution is 7.56. The fourth-order valence-corrected chi connectivity index (χ4v) is 9.38. The van der Waals surface area contributed by atoms with Crippen molar-refractivity contribution in [3.05, 3.63) is 108 Å². The summed E-state index contributed by atoms with van der Waals surface area (Å²) in [7, 11) is -2.29.